The highest BCUT2D eigenvalue weighted by Crippen LogP contribution is 2.10. The van der Waals surface area contributed by atoms with Crippen LogP contribution in [0.4, 0.5) is 4.39 Å². The monoisotopic (exact) mass is 303 g/mol. The van der Waals surface area contributed by atoms with Crippen molar-refractivity contribution in [3.05, 3.63) is 24.1 Å². The largest absolute Gasteiger partial charge is 0.297 e. The predicted octanol–water partition coefficient (Wildman–Crippen LogP) is 1.62. The third kappa shape index (κ3) is 4.50. The number of sulfonamides is 1. The molecule has 0 spiro atoms. The second kappa shape index (κ2) is 7.10. The average molecular weight is 303 g/mol. The molecule has 1 N–H and O–H groups in total. The molecule has 0 aromatic carbocycles. The van der Waals surface area contributed by atoms with Gasteiger partial charge in [-0.15, -0.1) is 0 Å². The lowest BCUT2D eigenvalue weighted by Gasteiger charge is -2.30. The standard InChI is InChI=1S/C13H22FN3O2S/c1-10(2)17(11(3)4)9-8-16-20(18,19)13-12(14)6-5-7-15-13/h5-7,10-11,16H,8-9H2,1-4H3. The highest BCUT2D eigenvalue weighted by atomic mass is 32.2. The minimum Gasteiger partial charge on any atom is -0.297 e. The smallest absolute Gasteiger partial charge is 0.261 e. The molecule has 20 heavy (non-hydrogen) atoms. The molecule has 0 bridgehead atoms. The highest BCUT2D eigenvalue weighted by Gasteiger charge is 2.21. The maximum atomic E-state index is 13.4. The van der Waals surface area contributed by atoms with E-state index >= 15 is 0 Å². The summed E-state index contributed by atoms with van der Waals surface area (Å²) in [5, 5.41) is -0.555. The van der Waals surface area contributed by atoms with Crippen LogP contribution in [0, 0.1) is 5.82 Å². The van der Waals surface area contributed by atoms with Gasteiger partial charge in [-0.25, -0.2) is 22.5 Å². The molecule has 0 atom stereocenters. The fourth-order valence-electron chi connectivity index (χ4n) is 2.06. The molecule has 0 aliphatic heterocycles. The van der Waals surface area contributed by atoms with E-state index in [4.69, 9.17) is 0 Å². The van der Waals surface area contributed by atoms with E-state index in [1.165, 1.54) is 12.3 Å². The van der Waals surface area contributed by atoms with Gasteiger partial charge in [0.25, 0.3) is 10.0 Å². The zero-order valence-electron chi connectivity index (χ0n) is 12.3. The zero-order valence-corrected chi connectivity index (χ0v) is 13.1. The van der Waals surface area contributed by atoms with Crippen LogP contribution >= 0.6 is 0 Å². The summed E-state index contributed by atoms with van der Waals surface area (Å²) in [6.07, 6.45) is 1.26. The van der Waals surface area contributed by atoms with Crippen molar-refractivity contribution < 1.29 is 12.8 Å². The molecule has 0 aliphatic carbocycles. The van der Waals surface area contributed by atoms with Crippen molar-refractivity contribution in [2.75, 3.05) is 13.1 Å². The molecule has 0 saturated carbocycles. The first-order valence-corrected chi connectivity index (χ1v) is 8.10. The minimum absolute atomic E-state index is 0.217. The summed E-state index contributed by atoms with van der Waals surface area (Å²) in [5.74, 6) is -0.843. The van der Waals surface area contributed by atoms with Crippen molar-refractivity contribution in [1.82, 2.24) is 14.6 Å². The molecular formula is C13H22FN3O2S. The lowest BCUT2D eigenvalue weighted by Crippen LogP contribution is -2.42. The molecular weight excluding hydrogens is 281 g/mol. The number of rotatable bonds is 7. The molecule has 1 heterocycles. The lowest BCUT2D eigenvalue weighted by molar-refractivity contribution is 0.179. The van der Waals surface area contributed by atoms with E-state index in [2.05, 4.69) is 14.6 Å². The summed E-state index contributed by atoms with van der Waals surface area (Å²) in [5.41, 5.74) is 0. The van der Waals surface area contributed by atoms with Crippen LogP contribution in [0.25, 0.3) is 0 Å². The van der Waals surface area contributed by atoms with E-state index < -0.39 is 20.9 Å². The van der Waals surface area contributed by atoms with Crippen molar-refractivity contribution in [2.45, 2.75) is 44.8 Å². The minimum atomic E-state index is -3.90. The molecule has 0 saturated heterocycles. The van der Waals surface area contributed by atoms with Crippen LogP contribution < -0.4 is 4.72 Å². The van der Waals surface area contributed by atoms with Crippen LogP contribution in [-0.4, -0.2) is 43.5 Å². The number of hydrogen-bond acceptors (Lipinski definition) is 4. The molecule has 1 aromatic rings. The summed E-state index contributed by atoms with van der Waals surface area (Å²) in [4.78, 5) is 5.73. The Morgan fingerprint density at radius 3 is 2.40 bits per heavy atom. The van der Waals surface area contributed by atoms with E-state index in [0.717, 1.165) is 6.07 Å². The summed E-state index contributed by atoms with van der Waals surface area (Å²) < 4.78 is 39.7. The number of hydrogen-bond donors (Lipinski definition) is 1. The first-order chi connectivity index (χ1) is 9.25. The maximum absolute atomic E-state index is 13.4. The van der Waals surface area contributed by atoms with Gasteiger partial charge in [0.05, 0.1) is 0 Å². The van der Waals surface area contributed by atoms with Gasteiger partial charge in [0.15, 0.2) is 5.82 Å². The Morgan fingerprint density at radius 2 is 1.90 bits per heavy atom. The van der Waals surface area contributed by atoms with E-state index in [0.29, 0.717) is 18.6 Å². The third-order valence-corrected chi connectivity index (χ3v) is 4.36. The number of nitrogens with one attached hydrogen (secondary N) is 1. The topological polar surface area (TPSA) is 62.3 Å². The van der Waals surface area contributed by atoms with Crippen molar-refractivity contribution in [3.8, 4) is 0 Å². The number of nitrogens with zero attached hydrogens (tertiary/aromatic N) is 2. The second-order valence-electron chi connectivity index (χ2n) is 5.11. The second-order valence-corrected chi connectivity index (χ2v) is 6.80. The molecule has 1 aromatic heterocycles. The first-order valence-electron chi connectivity index (χ1n) is 6.61. The average Bonchev–Trinajstić information content (AvgIpc) is 2.34. The van der Waals surface area contributed by atoms with Gasteiger partial charge >= 0.3 is 0 Å². The molecule has 1 rings (SSSR count). The van der Waals surface area contributed by atoms with Gasteiger partial charge in [0.1, 0.15) is 0 Å². The zero-order chi connectivity index (χ0) is 15.3. The van der Waals surface area contributed by atoms with Crippen LogP contribution in [-0.2, 0) is 10.0 Å². The molecule has 7 heteroatoms. The normalized spacial score (nSPS) is 12.6. The van der Waals surface area contributed by atoms with Crippen molar-refractivity contribution in [1.29, 1.82) is 0 Å². The summed E-state index contributed by atoms with van der Waals surface area (Å²) in [7, 11) is -3.90. The van der Waals surface area contributed by atoms with Crippen molar-refractivity contribution in [2.24, 2.45) is 0 Å². The maximum Gasteiger partial charge on any atom is 0.261 e. The lowest BCUT2D eigenvalue weighted by atomic mass is 10.2. The molecule has 0 aliphatic rings. The Balaban J connectivity index is 2.68. The van der Waals surface area contributed by atoms with Crippen LogP contribution in [0.1, 0.15) is 27.7 Å². The Labute approximate surface area is 120 Å². The Kier molecular flexibility index (Phi) is 6.04. The van der Waals surface area contributed by atoms with Gasteiger partial charge in [-0.3, -0.25) is 4.90 Å². The summed E-state index contributed by atoms with van der Waals surface area (Å²) >= 11 is 0. The quantitative estimate of drug-likeness (QED) is 0.831. The van der Waals surface area contributed by atoms with Crippen LogP contribution in [0.3, 0.4) is 0 Å². The number of aromatic nitrogens is 1. The van der Waals surface area contributed by atoms with Crippen LogP contribution in [0.5, 0.6) is 0 Å². The van der Waals surface area contributed by atoms with E-state index in [9.17, 15) is 12.8 Å². The van der Waals surface area contributed by atoms with Crippen LogP contribution in [0.15, 0.2) is 23.4 Å². The third-order valence-electron chi connectivity index (χ3n) is 2.97. The molecule has 0 radical (unpaired) electrons. The first kappa shape index (κ1) is 17.0. The summed E-state index contributed by atoms with van der Waals surface area (Å²) in [6.45, 7) is 8.97. The molecule has 0 fully saturated rings. The molecule has 5 nitrogen and oxygen atoms in total. The van der Waals surface area contributed by atoms with Crippen molar-refractivity contribution >= 4 is 10.0 Å². The van der Waals surface area contributed by atoms with E-state index in [1.54, 1.807) is 0 Å². The SMILES string of the molecule is CC(C)N(CCNS(=O)(=O)c1ncccc1F)C(C)C. The van der Waals surface area contributed by atoms with E-state index in [-0.39, 0.29) is 6.54 Å². The van der Waals surface area contributed by atoms with Gasteiger partial charge < -0.3 is 0 Å². The number of halogens is 1. The molecule has 0 unspecified atom stereocenters. The Morgan fingerprint density at radius 1 is 1.30 bits per heavy atom. The van der Waals surface area contributed by atoms with Gasteiger partial charge in [-0.05, 0) is 39.8 Å². The molecule has 0 amide bonds. The van der Waals surface area contributed by atoms with E-state index in [1.807, 2.05) is 27.7 Å². The highest BCUT2D eigenvalue weighted by molar-refractivity contribution is 7.89. The fraction of sp³-hybridized carbons (Fsp3) is 0.615. The summed E-state index contributed by atoms with van der Waals surface area (Å²) in [6, 6.07) is 3.06. The predicted molar refractivity (Wildman–Crippen MR) is 76.4 cm³/mol. The van der Waals surface area contributed by atoms with Crippen LogP contribution in [0.2, 0.25) is 0 Å². The van der Waals surface area contributed by atoms with Gasteiger partial charge in [0.2, 0.25) is 5.03 Å². The Bertz CT molecular complexity index is 524. The van der Waals surface area contributed by atoms with Gasteiger partial charge in [-0.1, -0.05) is 0 Å². The number of pyridine rings is 1. The van der Waals surface area contributed by atoms with Gasteiger partial charge in [-0.2, -0.15) is 0 Å². The fourth-order valence-corrected chi connectivity index (χ4v) is 3.08. The molecule has 114 valence electrons. The van der Waals surface area contributed by atoms with Gasteiger partial charge in [0, 0.05) is 31.4 Å². The Hall–Kier alpha value is -1.05. The van der Waals surface area contributed by atoms with Crippen molar-refractivity contribution in [3.63, 3.8) is 0 Å².